The van der Waals surface area contributed by atoms with E-state index >= 15 is 0 Å². The number of methoxy groups -OCH3 is 1. The first-order chi connectivity index (χ1) is 16.5. The highest BCUT2D eigenvalue weighted by Gasteiger charge is 2.25. The van der Waals surface area contributed by atoms with Gasteiger partial charge < -0.3 is 4.74 Å². The van der Waals surface area contributed by atoms with Crippen molar-refractivity contribution < 1.29 is 17.9 Å². The van der Waals surface area contributed by atoms with Gasteiger partial charge >= 0.3 is 5.97 Å². The Labute approximate surface area is 208 Å². The summed E-state index contributed by atoms with van der Waals surface area (Å²) in [5.74, 6) is -0.374. The van der Waals surface area contributed by atoms with Gasteiger partial charge in [-0.1, -0.05) is 56.3 Å². The lowest BCUT2D eigenvalue weighted by molar-refractivity contribution is 0.0598. The van der Waals surface area contributed by atoms with E-state index in [2.05, 4.69) is 16.7 Å². The first-order valence-corrected chi connectivity index (χ1v) is 13.4. The van der Waals surface area contributed by atoms with E-state index in [0.29, 0.717) is 30.5 Å². The van der Waals surface area contributed by atoms with Crippen molar-refractivity contribution >= 4 is 16.0 Å². The summed E-state index contributed by atoms with van der Waals surface area (Å²) < 4.78 is 35.8. The molecule has 1 aromatic heterocycles. The van der Waals surface area contributed by atoms with Crippen molar-refractivity contribution in [2.75, 3.05) is 7.11 Å². The standard InChI is InChI=1S/C27H35N3O4S/c1-7-17-30-23(25(26(31)34-6)22(8-2)28-30)18-19-13-15-20(16-14-19)21-11-9-10-12-24(21)35(32,33)29-27(3,4)5/h9-16,29H,7-8,17-18H2,1-6H3. The smallest absolute Gasteiger partial charge is 0.341 e. The van der Waals surface area contributed by atoms with Crippen LogP contribution in [0, 0.1) is 0 Å². The molecule has 0 saturated heterocycles. The molecule has 3 aromatic rings. The van der Waals surface area contributed by atoms with Crippen LogP contribution in [0.25, 0.3) is 11.1 Å². The number of carbonyl (C=O) groups excluding carboxylic acids is 1. The molecule has 2 aromatic carbocycles. The van der Waals surface area contributed by atoms with Crippen molar-refractivity contribution in [2.45, 2.75) is 70.9 Å². The molecule has 0 amide bonds. The number of ether oxygens (including phenoxy) is 1. The van der Waals surface area contributed by atoms with E-state index in [1.807, 2.05) is 68.8 Å². The summed E-state index contributed by atoms with van der Waals surface area (Å²) in [6.45, 7) is 10.2. The summed E-state index contributed by atoms with van der Waals surface area (Å²) in [6, 6.07) is 14.7. The Bertz CT molecular complexity index is 1290. The predicted octanol–water partition coefficient (Wildman–Crippen LogP) is 4.98. The average Bonchev–Trinajstić information content (AvgIpc) is 3.15. The van der Waals surface area contributed by atoms with Gasteiger partial charge in [-0.25, -0.2) is 17.9 Å². The van der Waals surface area contributed by atoms with E-state index in [9.17, 15) is 13.2 Å². The molecule has 0 aliphatic rings. The Morgan fingerprint density at radius 2 is 1.71 bits per heavy atom. The molecule has 0 bridgehead atoms. The van der Waals surface area contributed by atoms with Crippen molar-refractivity contribution in [1.29, 1.82) is 0 Å². The minimum atomic E-state index is -3.70. The summed E-state index contributed by atoms with van der Waals surface area (Å²) in [5, 5.41) is 4.66. The molecule has 1 heterocycles. The van der Waals surface area contributed by atoms with Crippen molar-refractivity contribution in [3.05, 3.63) is 71.0 Å². The molecule has 0 aliphatic heterocycles. The van der Waals surface area contributed by atoms with Crippen LogP contribution in [0.5, 0.6) is 0 Å². The molecule has 188 valence electrons. The Kier molecular flexibility index (Phi) is 8.18. The first kappa shape index (κ1) is 26.6. The number of hydrogen-bond donors (Lipinski definition) is 1. The lowest BCUT2D eigenvalue weighted by Crippen LogP contribution is -2.40. The Morgan fingerprint density at radius 3 is 2.29 bits per heavy atom. The molecule has 0 atom stereocenters. The number of benzene rings is 2. The molecule has 0 fully saturated rings. The Hall–Kier alpha value is -2.97. The normalized spacial score (nSPS) is 12.1. The van der Waals surface area contributed by atoms with E-state index in [1.165, 1.54) is 7.11 Å². The van der Waals surface area contributed by atoms with E-state index in [-0.39, 0.29) is 10.9 Å². The number of nitrogens with zero attached hydrogens (tertiary/aromatic N) is 2. The zero-order valence-electron chi connectivity index (χ0n) is 21.4. The fourth-order valence-electron chi connectivity index (χ4n) is 4.11. The van der Waals surface area contributed by atoms with Crippen LogP contribution in [0.2, 0.25) is 0 Å². The Balaban J connectivity index is 1.98. The molecule has 1 N–H and O–H groups in total. The van der Waals surface area contributed by atoms with Gasteiger partial charge in [-0.15, -0.1) is 0 Å². The molecule has 0 radical (unpaired) electrons. The average molecular weight is 498 g/mol. The summed E-state index contributed by atoms with van der Waals surface area (Å²) in [6.07, 6.45) is 2.05. The molecular formula is C27H35N3O4S. The lowest BCUT2D eigenvalue weighted by Gasteiger charge is -2.21. The van der Waals surface area contributed by atoms with Crippen LogP contribution in [0.4, 0.5) is 0 Å². The molecule has 3 rings (SSSR count). The van der Waals surface area contributed by atoms with Crippen LogP contribution in [-0.4, -0.2) is 36.8 Å². The quantitative estimate of drug-likeness (QED) is 0.421. The first-order valence-electron chi connectivity index (χ1n) is 11.9. The second-order valence-corrected chi connectivity index (χ2v) is 11.2. The fourth-order valence-corrected chi connectivity index (χ4v) is 5.76. The van der Waals surface area contributed by atoms with Gasteiger partial charge in [0.1, 0.15) is 5.56 Å². The minimum absolute atomic E-state index is 0.240. The molecule has 8 heteroatoms. The number of aromatic nitrogens is 2. The highest BCUT2D eigenvalue weighted by molar-refractivity contribution is 7.89. The molecule has 0 spiro atoms. The van der Waals surface area contributed by atoms with Crippen molar-refractivity contribution in [2.24, 2.45) is 0 Å². The molecule has 7 nitrogen and oxygen atoms in total. The molecule has 0 saturated carbocycles. The SMILES string of the molecule is CCCn1nc(CC)c(C(=O)OC)c1Cc1ccc(-c2ccccc2S(=O)(=O)NC(C)(C)C)cc1. The second kappa shape index (κ2) is 10.7. The van der Waals surface area contributed by atoms with Crippen LogP contribution in [-0.2, 0) is 34.1 Å². The van der Waals surface area contributed by atoms with E-state index < -0.39 is 15.6 Å². The highest BCUT2D eigenvalue weighted by atomic mass is 32.2. The van der Waals surface area contributed by atoms with E-state index in [0.717, 1.165) is 28.9 Å². The monoisotopic (exact) mass is 497 g/mol. The van der Waals surface area contributed by atoms with Gasteiger partial charge in [0, 0.05) is 24.1 Å². The van der Waals surface area contributed by atoms with Crippen molar-refractivity contribution in [3.63, 3.8) is 0 Å². The van der Waals surface area contributed by atoms with E-state index in [1.54, 1.807) is 12.1 Å². The second-order valence-electron chi connectivity index (χ2n) is 9.56. The third kappa shape index (κ3) is 6.18. The molecule has 0 aliphatic carbocycles. The number of sulfonamides is 1. The molecule has 0 unspecified atom stereocenters. The molecular weight excluding hydrogens is 462 g/mol. The third-order valence-corrected chi connectivity index (χ3v) is 7.36. The maximum Gasteiger partial charge on any atom is 0.341 e. The molecule has 35 heavy (non-hydrogen) atoms. The van der Waals surface area contributed by atoms with Gasteiger partial charge in [-0.05, 0) is 50.8 Å². The Morgan fingerprint density at radius 1 is 1.06 bits per heavy atom. The maximum absolute atomic E-state index is 13.0. The number of hydrogen-bond acceptors (Lipinski definition) is 5. The largest absolute Gasteiger partial charge is 0.465 e. The van der Waals surface area contributed by atoms with Crippen LogP contribution in [0.15, 0.2) is 53.4 Å². The van der Waals surface area contributed by atoms with E-state index in [4.69, 9.17) is 4.74 Å². The van der Waals surface area contributed by atoms with Crippen molar-refractivity contribution in [3.8, 4) is 11.1 Å². The van der Waals surface area contributed by atoms with Gasteiger partial charge in [0.05, 0.1) is 23.4 Å². The van der Waals surface area contributed by atoms with Gasteiger partial charge in [0.25, 0.3) is 0 Å². The number of esters is 1. The zero-order valence-corrected chi connectivity index (χ0v) is 22.2. The van der Waals surface area contributed by atoms with Gasteiger partial charge in [0.2, 0.25) is 10.0 Å². The summed E-state index contributed by atoms with van der Waals surface area (Å²) in [7, 11) is -2.31. The van der Waals surface area contributed by atoms with Gasteiger partial charge in [0.15, 0.2) is 0 Å². The number of carbonyl (C=O) groups is 1. The van der Waals surface area contributed by atoms with Gasteiger partial charge in [-0.2, -0.15) is 5.10 Å². The summed E-state index contributed by atoms with van der Waals surface area (Å²) in [5.41, 5.74) is 3.95. The number of nitrogens with one attached hydrogen (secondary N) is 1. The third-order valence-electron chi connectivity index (χ3n) is 5.54. The summed E-state index contributed by atoms with van der Waals surface area (Å²) in [4.78, 5) is 12.8. The van der Waals surface area contributed by atoms with Crippen LogP contribution in [0.3, 0.4) is 0 Å². The van der Waals surface area contributed by atoms with Crippen molar-refractivity contribution in [1.82, 2.24) is 14.5 Å². The van der Waals surface area contributed by atoms with Gasteiger partial charge in [-0.3, -0.25) is 4.68 Å². The lowest BCUT2D eigenvalue weighted by atomic mass is 10.00. The number of aryl methyl sites for hydroxylation is 2. The maximum atomic E-state index is 13.0. The fraction of sp³-hybridized carbons (Fsp3) is 0.407. The minimum Gasteiger partial charge on any atom is -0.465 e. The summed E-state index contributed by atoms with van der Waals surface area (Å²) >= 11 is 0. The highest BCUT2D eigenvalue weighted by Crippen LogP contribution is 2.29. The zero-order chi connectivity index (χ0) is 25.8. The van der Waals surface area contributed by atoms with Crippen LogP contribution in [0.1, 0.15) is 68.3 Å². The number of rotatable bonds is 9. The van der Waals surface area contributed by atoms with Crippen LogP contribution < -0.4 is 4.72 Å². The topological polar surface area (TPSA) is 90.3 Å². The van der Waals surface area contributed by atoms with Crippen LogP contribution >= 0.6 is 0 Å². The predicted molar refractivity (Wildman–Crippen MR) is 138 cm³/mol.